The van der Waals surface area contributed by atoms with Gasteiger partial charge in [-0.25, -0.2) is 4.79 Å². The number of carbonyl (C=O) groups excluding carboxylic acids is 1. The third kappa shape index (κ3) is 3.80. The minimum atomic E-state index is -0.426. The summed E-state index contributed by atoms with van der Waals surface area (Å²) < 4.78 is 10.5. The molecule has 0 bridgehead atoms. The highest BCUT2D eigenvalue weighted by molar-refractivity contribution is 6.34. The Labute approximate surface area is 129 Å². The SMILES string of the molecule is CCOC(=O)c1cc(N)cc(Cl)c1NC1(C)CCOCC1. The molecule has 116 valence electrons. The van der Waals surface area contributed by atoms with E-state index in [1.165, 1.54) is 0 Å². The van der Waals surface area contributed by atoms with Gasteiger partial charge in [-0.05, 0) is 38.8 Å². The molecule has 1 aliphatic rings. The van der Waals surface area contributed by atoms with Crippen LogP contribution >= 0.6 is 11.6 Å². The molecular formula is C15H21ClN2O3. The Morgan fingerprint density at radius 1 is 1.48 bits per heavy atom. The number of esters is 1. The van der Waals surface area contributed by atoms with Crippen LogP contribution in [0.15, 0.2) is 12.1 Å². The Hall–Kier alpha value is -1.46. The van der Waals surface area contributed by atoms with E-state index in [4.69, 9.17) is 26.8 Å². The Morgan fingerprint density at radius 2 is 2.14 bits per heavy atom. The zero-order chi connectivity index (χ0) is 15.5. The number of carbonyl (C=O) groups is 1. The number of anilines is 2. The number of ether oxygens (including phenoxy) is 2. The Kier molecular flexibility index (Phi) is 4.96. The molecule has 0 atom stereocenters. The monoisotopic (exact) mass is 312 g/mol. The molecule has 1 fully saturated rings. The highest BCUT2D eigenvalue weighted by Crippen LogP contribution is 2.34. The number of nitrogen functional groups attached to an aromatic ring is 1. The minimum Gasteiger partial charge on any atom is -0.462 e. The molecule has 6 heteroatoms. The fourth-order valence-electron chi connectivity index (χ4n) is 2.37. The lowest BCUT2D eigenvalue weighted by atomic mass is 9.91. The van der Waals surface area contributed by atoms with Crippen LogP contribution in [0, 0.1) is 0 Å². The van der Waals surface area contributed by atoms with Gasteiger partial charge in [-0.3, -0.25) is 0 Å². The van der Waals surface area contributed by atoms with Crippen LogP contribution < -0.4 is 11.1 Å². The zero-order valence-corrected chi connectivity index (χ0v) is 13.1. The van der Waals surface area contributed by atoms with E-state index in [2.05, 4.69) is 12.2 Å². The fraction of sp³-hybridized carbons (Fsp3) is 0.533. The second-order valence-electron chi connectivity index (χ2n) is 5.44. The van der Waals surface area contributed by atoms with Crippen LogP contribution in [0.1, 0.15) is 37.0 Å². The van der Waals surface area contributed by atoms with Crippen molar-refractivity contribution in [1.82, 2.24) is 0 Å². The molecule has 1 aromatic rings. The van der Waals surface area contributed by atoms with E-state index in [0.717, 1.165) is 12.8 Å². The predicted molar refractivity (Wildman–Crippen MR) is 83.9 cm³/mol. The molecule has 1 heterocycles. The van der Waals surface area contributed by atoms with Gasteiger partial charge in [0.05, 0.1) is 22.9 Å². The number of nitrogens with one attached hydrogen (secondary N) is 1. The smallest absolute Gasteiger partial charge is 0.340 e. The van der Waals surface area contributed by atoms with Gasteiger partial charge in [0.25, 0.3) is 0 Å². The van der Waals surface area contributed by atoms with Gasteiger partial charge >= 0.3 is 5.97 Å². The first kappa shape index (κ1) is 15.9. The van der Waals surface area contributed by atoms with Gasteiger partial charge in [-0.15, -0.1) is 0 Å². The lowest BCUT2D eigenvalue weighted by Crippen LogP contribution is -2.41. The van der Waals surface area contributed by atoms with Crippen molar-refractivity contribution in [3.63, 3.8) is 0 Å². The first-order chi connectivity index (χ1) is 9.95. The number of halogens is 1. The maximum absolute atomic E-state index is 12.1. The molecule has 2 rings (SSSR count). The van der Waals surface area contributed by atoms with E-state index in [0.29, 0.717) is 41.8 Å². The van der Waals surface area contributed by atoms with E-state index >= 15 is 0 Å². The largest absolute Gasteiger partial charge is 0.462 e. The van der Waals surface area contributed by atoms with Crippen LogP contribution in [-0.2, 0) is 9.47 Å². The van der Waals surface area contributed by atoms with Crippen molar-refractivity contribution >= 4 is 28.9 Å². The quantitative estimate of drug-likeness (QED) is 0.660. The molecule has 3 N–H and O–H groups in total. The number of benzene rings is 1. The number of hydrogen-bond donors (Lipinski definition) is 2. The average molecular weight is 313 g/mol. The van der Waals surface area contributed by atoms with Gasteiger partial charge in [0.2, 0.25) is 0 Å². The lowest BCUT2D eigenvalue weighted by molar-refractivity contribution is 0.0526. The maximum Gasteiger partial charge on any atom is 0.340 e. The van der Waals surface area contributed by atoms with Crippen molar-refractivity contribution in [2.45, 2.75) is 32.2 Å². The first-order valence-electron chi connectivity index (χ1n) is 7.07. The first-order valence-corrected chi connectivity index (χ1v) is 7.45. The summed E-state index contributed by atoms with van der Waals surface area (Å²) in [6, 6.07) is 3.23. The van der Waals surface area contributed by atoms with E-state index in [-0.39, 0.29) is 5.54 Å². The van der Waals surface area contributed by atoms with Gasteiger partial charge in [0, 0.05) is 24.4 Å². The lowest BCUT2D eigenvalue weighted by Gasteiger charge is -2.36. The summed E-state index contributed by atoms with van der Waals surface area (Å²) in [6.07, 6.45) is 1.69. The van der Waals surface area contributed by atoms with Crippen LogP contribution in [0.25, 0.3) is 0 Å². The Bertz CT molecular complexity index is 528. The molecular weight excluding hydrogens is 292 g/mol. The molecule has 1 saturated heterocycles. The van der Waals surface area contributed by atoms with Crippen LogP contribution in [0.5, 0.6) is 0 Å². The van der Waals surface area contributed by atoms with Crippen LogP contribution in [0.2, 0.25) is 5.02 Å². The normalized spacial score (nSPS) is 17.3. The van der Waals surface area contributed by atoms with Gasteiger partial charge in [-0.1, -0.05) is 11.6 Å². The summed E-state index contributed by atoms with van der Waals surface area (Å²) in [7, 11) is 0. The highest BCUT2D eigenvalue weighted by Gasteiger charge is 2.30. The molecule has 0 amide bonds. The molecule has 0 radical (unpaired) electrons. The van der Waals surface area contributed by atoms with Crippen molar-refractivity contribution in [2.75, 3.05) is 30.9 Å². The maximum atomic E-state index is 12.1. The van der Waals surface area contributed by atoms with E-state index in [1.807, 2.05) is 0 Å². The number of hydrogen-bond acceptors (Lipinski definition) is 5. The van der Waals surface area contributed by atoms with Crippen LogP contribution in [0.3, 0.4) is 0 Å². The summed E-state index contributed by atoms with van der Waals surface area (Å²) in [5.74, 6) is -0.426. The van der Waals surface area contributed by atoms with Crippen LogP contribution in [-0.4, -0.2) is 31.3 Å². The summed E-state index contributed by atoms with van der Waals surface area (Å²) in [5, 5.41) is 3.81. The highest BCUT2D eigenvalue weighted by atomic mass is 35.5. The Balaban J connectivity index is 2.34. The second-order valence-corrected chi connectivity index (χ2v) is 5.85. The Morgan fingerprint density at radius 3 is 2.76 bits per heavy atom. The minimum absolute atomic E-state index is 0.167. The van der Waals surface area contributed by atoms with Crippen molar-refractivity contribution < 1.29 is 14.3 Å². The number of nitrogens with two attached hydrogens (primary N) is 1. The second kappa shape index (κ2) is 6.54. The fourth-order valence-corrected chi connectivity index (χ4v) is 2.65. The van der Waals surface area contributed by atoms with Crippen molar-refractivity contribution in [1.29, 1.82) is 0 Å². The molecule has 21 heavy (non-hydrogen) atoms. The van der Waals surface area contributed by atoms with Crippen molar-refractivity contribution in [3.8, 4) is 0 Å². The molecule has 1 aromatic carbocycles. The van der Waals surface area contributed by atoms with E-state index in [1.54, 1.807) is 19.1 Å². The summed E-state index contributed by atoms with van der Waals surface area (Å²) >= 11 is 6.28. The van der Waals surface area contributed by atoms with Gasteiger partial charge in [-0.2, -0.15) is 0 Å². The van der Waals surface area contributed by atoms with Gasteiger partial charge in [0.1, 0.15) is 0 Å². The third-order valence-corrected chi connectivity index (χ3v) is 3.93. The topological polar surface area (TPSA) is 73.6 Å². The standard InChI is InChI=1S/C15H21ClN2O3/c1-3-21-14(19)11-8-10(17)9-12(16)13(11)18-15(2)4-6-20-7-5-15/h8-9,18H,3-7,17H2,1-2H3. The van der Waals surface area contributed by atoms with E-state index in [9.17, 15) is 4.79 Å². The molecule has 0 unspecified atom stereocenters. The molecule has 1 aliphatic heterocycles. The summed E-state index contributed by atoms with van der Waals surface area (Å²) in [5.41, 5.74) is 7.00. The summed E-state index contributed by atoms with van der Waals surface area (Å²) in [4.78, 5) is 12.1. The van der Waals surface area contributed by atoms with Gasteiger partial charge in [0.15, 0.2) is 0 Å². The summed E-state index contributed by atoms with van der Waals surface area (Å²) in [6.45, 7) is 5.53. The average Bonchev–Trinajstić information content (AvgIpc) is 2.42. The van der Waals surface area contributed by atoms with Crippen molar-refractivity contribution in [3.05, 3.63) is 22.7 Å². The molecule has 0 saturated carbocycles. The van der Waals surface area contributed by atoms with E-state index < -0.39 is 5.97 Å². The predicted octanol–water partition coefficient (Wildman–Crippen LogP) is 3.08. The molecule has 0 aromatic heterocycles. The zero-order valence-electron chi connectivity index (χ0n) is 12.4. The van der Waals surface area contributed by atoms with Crippen LogP contribution in [0.4, 0.5) is 11.4 Å². The van der Waals surface area contributed by atoms with Crippen molar-refractivity contribution in [2.24, 2.45) is 0 Å². The molecule has 5 nitrogen and oxygen atoms in total. The molecule has 0 aliphatic carbocycles. The van der Waals surface area contributed by atoms with Gasteiger partial charge < -0.3 is 20.5 Å². The number of rotatable bonds is 4. The molecule has 0 spiro atoms. The third-order valence-electron chi connectivity index (χ3n) is 3.63.